The van der Waals surface area contributed by atoms with E-state index in [-0.39, 0.29) is 30.9 Å². The Bertz CT molecular complexity index is 3030. The Hall–Kier alpha value is -7.14. The quantitative estimate of drug-likeness (QED) is 0.0441. The highest BCUT2D eigenvalue weighted by Crippen LogP contribution is 2.47. The highest BCUT2D eigenvalue weighted by Gasteiger charge is 2.41. The van der Waals surface area contributed by atoms with Crippen LogP contribution in [-0.2, 0) is 10.3 Å². The minimum atomic E-state index is -1.27. The number of β-amino-alcohol motifs (C(OH)–C–C–N with tert-alkyl or cyclic N) is 1. The lowest BCUT2D eigenvalue weighted by Crippen LogP contribution is -2.46. The number of imide groups is 2. The Morgan fingerprint density at radius 3 is 1.32 bits per heavy atom. The first-order valence-corrected chi connectivity index (χ1v) is 22.7. The fourth-order valence-electron chi connectivity index (χ4n) is 10.4. The third kappa shape index (κ3) is 6.69. The number of unbranched alkanes of at least 4 members (excludes halogenated alkanes) is 1. The Morgan fingerprint density at radius 1 is 0.515 bits per heavy atom. The van der Waals surface area contributed by atoms with Gasteiger partial charge in [0.05, 0.1) is 33.5 Å². The molecule has 2 aliphatic rings. The third-order valence-corrected chi connectivity index (χ3v) is 13.8. The van der Waals surface area contributed by atoms with Gasteiger partial charge < -0.3 is 19.3 Å². The molecule has 66 heavy (non-hydrogen) atoms. The predicted molar refractivity (Wildman–Crippen MR) is 256 cm³/mol. The summed E-state index contributed by atoms with van der Waals surface area (Å²) in [5, 5.41) is 17.9. The summed E-state index contributed by atoms with van der Waals surface area (Å²) >= 11 is 0. The molecule has 8 aromatic carbocycles. The molecular formula is C56H50N2O8. The number of ether oxygens (including phenoxy) is 3. The van der Waals surface area contributed by atoms with Crippen molar-refractivity contribution in [1.82, 2.24) is 9.80 Å². The van der Waals surface area contributed by atoms with Crippen LogP contribution in [0.4, 0.5) is 0 Å². The Morgan fingerprint density at radius 2 is 0.924 bits per heavy atom. The van der Waals surface area contributed by atoms with Crippen LogP contribution in [0.15, 0.2) is 127 Å². The molecule has 8 aromatic rings. The van der Waals surface area contributed by atoms with E-state index in [1.165, 1.54) is 4.90 Å². The van der Waals surface area contributed by atoms with Crippen molar-refractivity contribution in [1.29, 1.82) is 0 Å². The molecule has 0 aromatic heterocycles. The molecule has 0 saturated carbocycles. The summed E-state index contributed by atoms with van der Waals surface area (Å²) in [6, 6.07) is 39.6. The Kier molecular flexibility index (Phi) is 11.0. The summed E-state index contributed by atoms with van der Waals surface area (Å²) in [6.07, 6.45) is 2.66. The number of rotatable bonds is 16. The van der Waals surface area contributed by atoms with Crippen LogP contribution in [0.1, 0.15) is 97.7 Å². The molecule has 0 radical (unpaired) electrons. The zero-order chi connectivity index (χ0) is 45.9. The Labute approximate surface area is 382 Å². The van der Waals surface area contributed by atoms with Gasteiger partial charge in [0.1, 0.15) is 17.1 Å². The van der Waals surface area contributed by atoms with Gasteiger partial charge in [0.15, 0.2) is 0 Å². The van der Waals surface area contributed by atoms with Crippen molar-refractivity contribution in [2.24, 2.45) is 5.92 Å². The van der Waals surface area contributed by atoms with E-state index in [0.29, 0.717) is 51.1 Å². The lowest BCUT2D eigenvalue weighted by Gasteiger charge is -2.37. The van der Waals surface area contributed by atoms with Gasteiger partial charge in [-0.15, -0.1) is 0 Å². The molecule has 2 atom stereocenters. The number of aliphatic hydroxyl groups is 1. The van der Waals surface area contributed by atoms with Crippen LogP contribution in [0.3, 0.4) is 0 Å². The SMILES string of the molecule is CCCCC(CC)CN1C(=O)c2ccc3c4ccc5c6c(ccc(c7ccc(c2c37)C1=O)c64)C(=O)N(C[C@H](O)COC(c1ccccc1)(c1ccc(OC)cc1)c1ccc(OC)cc1)C5=O. The van der Waals surface area contributed by atoms with E-state index in [2.05, 4.69) is 13.8 Å². The third-order valence-electron chi connectivity index (χ3n) is 13.8. The second kappa shape index (κ2) is 17.0. The summed E-state index contributed by atoms with van der Waals surface area (Å²) in [5.41, 5.74) is 2.82. The number of fused-ring (bicyclic) bond motifs is 2. The van der Waals surface area contributed by atoms with Crippen molar-refractivity contribution in [3.8, 4) is 11.5 Å². The number of aliphatic hydroxyl groups excluding tert-OH is 1. The molecule has 1 unspecified atom stereocenters. The molecule has 1 N–H and O–H groups in total. The molecule has 0 fully saturated rings. The maximum absolute atomic E-state index is 14.5. The van der Waals surface area contributed by atoms with Crippen LogP contribution in [0, 0.1) is 5.92 Å². The number of hydrogen-bond acceptors (Lipinski definition) is 8. The second-order valence-corrected chi connectivity index (χ2v) is 17.5. The number of carbonyl (C=O) groups excluding carboxylic acids is 4. The van der Waals surface area contributed by atoms with Crippen LogP contribution in [0.5, 0.6) is 11.5 Å². The van der Waals surface area contributed by atoms with Crippen LogP contribution in [0.2, 0.25) is 0 Å². The van der Waals surface area contributed by atoms with Gasteiger partial charge in [-0.1, -0.05) is 112 Å². The zero-order valence-electron chi connectivity index (χ0n) is 37.4. The van der Waals surface area contributed by atoms with Gasteiger partial charge in [0, 0.05) is 39.6 Å². The van der Waals surface area contributed by atoms with E-state index in [9.17, 15) is 24.3 Å². The van der Waals surface area contributed by atoms with Gasteiger partial charge in [0.25, 0.3) is 23.6 Å². The van der Waals surface area contributed by atoms with E-state index in [1.54, 1.807) is 26.4 Å². The topological polar surface area (TPSA) is 123 Å². The van der Waals surface area contributed by atoms with Gasteiger partial charge in [-0.25, -0.2) is 0 Å². The summed E-state index contributed by atoms with van der Waals surface area (Å²) in [4.78, 5) is 59.9. The average Bonchev–Trinajstić information content (AvgIpc) is 3.36. The fourth-order valence-corrected chi connectivity index (χ4v) is 10.4. The van der Waals surface area contributed by atoms with Gasteiger partial charge in [-0.2, -0.15) is 0 Å². The molecular weight excluding hydrogens is 829 g/mol. The van der Waals surface area contributed by atoms with E-state index < -0.39 is 23.5 Å². The van der Waals surface area contributed by atoms with Crippen molar-refractivity contribution < 1.29 is 38.5 Å². The van der Waals surface area contributed by atoms with E-state index in [0.717, 1.165) is 79.6 Å². The largest absolute Gasteiger partial charge is 0.497 e. The highest BCUT2D eigenvalue weighted by atomic mass is 16.5. The number of carbonyl (C=O) groups is 4. The molecule has 2 heterocycles. The molecule has 10 nitrogen and oxygen atoms in total. The average molecular weight is 879 g/mol. The van der Waals surface area contributed by atoms with E-state index >= 15 is 0 Å². The Balaban J connectivity index is 0.991. The fraction of sp³-hybridized carbons (Fsp3) is 0.250. The number of methoxy groups -OCH3 is 2. The van der Waals surface area contributed by atoms with E-state index in [4.69, 9.17) is 14.2 Å². The minimum absolute atomic E-state index is 0.228. The highest BCUT2D eigenvalue weighted by molar-refractivity contribution is 6.41. The van der Waals surface area contributed by atoms with Crippen molar-refractivity contribution in [2.45, 2.75) is 51.2 Å². The van der Waals surface area contributed by atoms with Gasteiger partial charge in [-0.3, -0.25) is 29.0 Å². The smallest absolute Gasteiger partial charge is 0.261 e. The predicted octanol–water partition coefficient (Wildman–Crippen LogP) is 10.5. The lowest BCUT2D eigenvalue weighted by molar-refractivity contribution is -0.0432. The summed E-state index contributed by atoms with van der Waals surface area (Å²) in [6.45, 7) is 4.08. The normalized spacial score (nSPS) is 14.9. The van der Waals surface area contributed by atoms with Gasteiger partial charge >= 0.3 is 0 Å². The van der Waals surface area contributed by atoms with Crippen molar-refractivity contribution >= 4 is 66.7 Å². The molecule has 0 bridgehead atoms. The zero-order valence-corrected chi connectivity index (χ0v) is 37.4. The molecule has 0 saturated heterocycles. The molecule has 10 rings (SSSR count). The first-order chi connectivity index (χ1) is 32.1. The number of nitrogens with zero attached hydrogens (tertiary/aromatic N) is 2. The number of amides is 4. The number of benzene rings is 8. The molecule has 4 amide bonds. The van der Waals surface area contributed by atoms with Gasteiger partial charge in [-0.05, 0) is 110 Å². The maximum Gasteiger partial charge on any atom is 0.261 e. The second-order valence-electron chi connectivity index (χ2n) is 17.5. The van der Waals surface area contributed by atoms with Crippen molar-refractivity contribution in [3.63, 3.8) is 0 Å². The standard InChI is InChI=1S/C56H50N2O8/c1-5-7-11-33(6-2)30-57-52(60)44-26-22-40-42-24-28-46-51-47(29-25-43(49(42)51)41-23-27-45(53(57)61)50(44)48(40)41)55(63)58(54(46)62)31-37(59)32-66-56(34-12-9-8-10-13-34,35-14-18-38(64-3)19-15-35)36-16-20-39(65-4)21-17-36/h8-10,12-29,33,37,59H,5-7,11,30-32H2,1-4H3/t33?,37-/m0/s1. The lowest BCUT2D eigenvalue weighted by atomic mass is 9.80. The molecule has 0 aliphatic carbocycles. The summed E-state index contributed by atoms with van der Waals surface area (Å²) < 4.78 is 17.9. The molecule has 10 heteroatoms. The van der Waals surface area contributed by atoms with Crippen LogP contribution in [0.25, 0.3) is 43.1 Å². The summed E-state index contributed by atoms with van der Waals surface area (Å²) in [7, 11) is 3.21. The first-order valence-electron chi connectivity index (χ1n) is 22.7. The van der Waals surface area contributed by atoms with Crippen LogP contribution in [-0.4, -0.2) is 78.6 Å². The molecule has 332 valence electrons. The van der Waals surface area contributed by atoms with Crippen LogP contribution < -0.4 is 9.47 Å². The van der Waals surface area contributed by atoms with Gasteiger partial charge in [0.2, 0.25) is 0 Å². The maximum atomic E-state index is 14.5. The minimum Gasteiger partial charge on any atom is -0.497 e. The number of hydrogen-bond donors (Lipinski definition) is 1. The van der Waals surface area contributed by atoms with E-state index in [1.807, 2.05) is 115 Å². The monoisotopic (exact) mass is 878 g/mol. The summed E-state index contributed by atoms with van der Waals surface area (Å²) in [5.74, 6) is -0.0399. The first kappa shape index (κ1) is 42.8. The molecule has 0 spiro atoms. The molecule has 2 aliphatic heterocycles. The van der Waals surface area contributed by atoms with Crippen LogP contribution >= 0.6 is 0 Å². The van der Waals surface area contributed by atoms with Crippen molar-refractivity contribution in [3.05, 3.63) is 166 Å². The van der Waals surface area contributed by atoms with Crippen molar-refractivity contribution in [2.75, 3.05) is 33.9 Å².